The van der Waals surface area contributed by atoms with Crippen LogP contribution in [0, 0.1) is 0 Å². The minimum Gasteiger partial charge on any atom is -0.508 e. The number of hydrogen-bond donors (Lipinski definition) is 3. The fraction of sp³-hybridized carbons (Fsp3) is 0.278. The van der Waals surface area contributed by atoms with Crippen LogP contribution in [0.1, 0.15) is 47.4 Å². The lowest BCUT2D eigenvalue weighted by Crippen LogP contribution is -2.20. The van der Waals surface area contributed by atoms with Crippen molar-refractivity contribution in [1.82, 2.24) is 0 Å². The van der Waals surface area contributed by atoms with Gasteiger partial charge in [-0.15, -0.1) is 0 Å². The van der Waals surface area contributed by atoms with E-state index in [-0.39, 0.29) is 40.8 Å². The number of carbonyl (C=O) groups is 1. The SMILES string of the molecule is CCCc1c(O)cc2c(c1O)C(=O)C[C@H](c1ccc(O)cc1)O2. The minimum atomic E-state index is -0.508. The molecule has 23 heavy (non-hydrogen) atoms. The molecule has 0 unspecified atom stereocenters. The quantitative estimate of drug-likeness (QED) is 0.807. The summed E-state index contributed by atoms with van der Waals surface area (Å²) in [5.41, 5.74) is 1.27. The summed E-state index contributed by atoms with van der Waals surface area (Å²) in [6.45, 7) is 1.93. The van der Waals surface area contributed by atoms with E-state index in [0.717, 1.165) is 12.0 Å². The monoisotopic (exact) mass is 314 g/mol. The summed E-state index contributed by atoms with van der Waals surface area (Å²) >= 11 is 0. The van der Waals surface area contributed by atoms with Crippen molar-refractivity contribution in [3.05, 3.63) is 47.0 Å². The molecular weight excluding hydrogens is 296 g/mol. The lowest BCUT2D eigenvalue weighted by molar-refractivity contribution is 0.0844. The second-order valence-electron chi connectivity index (χ2n) is 5.67. The first-order valence-corrected chi connectivity index (χ1v) is 7.57. The third-order valence-corrected chi connectivity index (χ3v) is 4.03. The zero-order valence-electron chi connectivity index (χ0n) is 12.7. The van der Waals surface area contributed by atoms with Crippen LogP contribution in [0.25, 0.3) is 0 Å². The molecule has 1 atom stereocenters. The van der Waals surface area contributed by atoms with Crippen molar-refractivity contribution in [2.45, 2.75) is 32.3 Å². The third-order valence-electron chi connectivity index (χ3n) is 4.03. The van der Waals surface area contributed by atoms with Crippen LogP contribution in [0.2, 0.25) is 0 Å². The molecule has 0 bridgehead atoms. The Kier molecular flexibility index (Phi) is 3.86. The standard InChI is InChI=1S/C18H18O5/c1-2-3-12-13(20)8-16-17(18(12)22)14(21)9-15(23-16)10-4-6-11(19)7-5-10/h4-8,15,19-20,22H,2-3,9H2,1H3/t15-/m1/s1. The molecule has 120 valence electrons. The summed E-state index contributed by atoms with van der Waals surface area (Å²) in [7, 11) is 0. The van der Waals surface area contributed by atoms with Crippen LogP contribution >= 0.6 is 0 Å². The Bertz CT molecular complexity index is 749. The molecule has 0 saturated carbocycles. The second kappa shape index (κ2) is 5.83. The van der Waals surface area contributed by atoms with E-state index in [4.69, 9.17) is 4.74 Å². The average Bonchev–Trinajstić information content (AvgIpc) is 2.51. The molecule has 0 radical (unpaired) electrons. The predicted octanol–water partition coefficient (Wildman–Crippen LogP) is 3.46. The summed E-state index contributed by atoms with van der Waals surface area (Å²) in [4.78, 5) is 12.5. The number of ketones is 1. The van der Waals surface area contributed by atoms with Gasteiger partial charge in [-0.2, -0.15) is 0 Å². The molecule has 5 heteroatoms. The topological polar surface area (TPSA) is 87.0 Å². The van der Waals surface area contributed by atoms with Gasteiger partial charge in [0.2, 0.25) is 0 Å². The number of aromatic hydroxyl groups is 3. The van der Waals surface area contributed by atoms with Crippen LogP contribution in [-0.2, 0) is 6.42 Å². The molecule has 1 aliphatic rings. The van der Waals surface area contributed by atoms with Crippen LogP contribution < -0.4 is 4.74 Å². The van der Waals surface area contributed by atoms with Gasteiger partial charge in [0, 0.05) is 11.6 Å². The van der Waals surface area contributed by atoms with Crippen molar-refractivity contribution in [2.24, 2.45) is 0 Å². The smallest absolute Gasteiger partial charge is 0.174 e. The Morgan fingerprint density at radius 2 is 1.87 bits per heavy atom. The van der Waals surface area contributed by atoms with E-state index in [1.54, 1.807) is 12.1 Å². The second-order valence-corrected chi connectivity index (χ2v) is 5.67. The van der Waals surface area contributed by atoms with E-state index in [9.17, 15) is 20.1 Å². The Morgan fingerprint density at radius 3 is 2.52 bits per heavy atom. The molecule has 0 aliphatic carbocycles. The number of ether oxygens (including phenoxy) is 1. The summed E-state index contributed by atoms with van der Waals surface area (Å²) in [6, 6.07) is 7.81. The van der Waals surface area contributed by atoms with Gasteiger partial charge in [0.15, 0.2) is 5.78 Å². The highest BCUT2D eigenvalue weighted by Crippen LogP contribution is 2.44. The van der Waals surface area contributed by atoms with E-state index in [0.29, 0.717) is 12.0 Å². The van der Waals surface area contributed by atoms with Gasteiger partial charge < -0.3 is 20.1 Å². The molecule has 1 aliphatic heterocycles. The zero-order valence-corrected chi connectivity index (χ0v) is 12.7. The highest BCUT2D eigenvalue weighted by molar-refractivity contribution is 6.03. The van der Waals surface area contributed by atoms with Crippen LogP contribution in [-0.4, -0.2) is 21.1 Å². The first-order chi connectivity index (χ1) is 11.0. The summed E-state index contributed by atoms with van der Waals surface area (Å²) < 4.78 is 5.80. The maximum Gasteiger partial charge on any atom is 0.174 e. The number of hydrogen-bond acceptors (Lipinski definition) is 5. The molecule has 3 N–H and O–H groups in total. The van der Waals surface area contributed by atoms with E-state index >= 15 is 0 Å². The van der Waals surface area contributed by atoms with Gasteiger partial charge in [-0.25, -0.2) is 0 Å². The predicted molar refractivity (Wildman–Crippen MR) is 84.2 cm³/mol. The Morgan fingerprint density at radius 1 is 1.17 bits per heavy atom. The molecule has 2 aromatic rings. The summed E-state index contributed by atoms with van der Waals surface area (Å²) in [5, 5.41) is 29.7. The summed E-state index contributed by atoms with van der Waals surface area (Å²) in [5.74, 6) is -0.151. The summed E-state index contributed by atoms with van der Waals surface area (Å²) in [6.07, 6.45) is 0.818. The zero-order chi connectivity index (χ0) is 16.6. The normalized spacial score (nSPS) is 16.7. The maximum absolute atomic E-state index is 12.5. The fourth-order valence-corrected chi connectivity index (χ4v) is 2.87. The Hall–Kier alpha value is -2.69. The van der Waals surface area contributed by atoms with Crippen molar-refractivity contribution >= 4 is 5.78 Å². The van der Waals surface area contributed by atoms with Gasteiger partial charge in [0.05, 0.1) is 6.42 Å². The van der Waals surface area contributed by atoms with Crippen LogP contribution in [0.3, 0.4) is 0 Å². The number of phenolic OH excluding ortho intramolecular Hbond substituents is 3. The van der Waals surface area contributed by atoms with E-state index < -0.39 is 6.10 Å². The molecule has 0 spiro atoms. The van der Waals surface area contributed by atoms with Gasteiger partial charge in [-0.3, -0.25) is 4.79 Å². The Labute approximate surface area is 133 Å². The van der Waals surface area contributed by atoms with E-state index in [1.807, 2.05) is 6.92 Å². The molecule has 3 rings (SSSR count). The lowest BCUT2D eigenvalue weighted by Gasteiger charge is -2.27. The van der Waals surface area contributed by atoms with Crippen molar-refractivity contribution in [3.8, 4) is 23.0 Å². The first-order valence-electron chi connectivity index (χ1n) is 7.57. The number of benzene rings is 2. The largest absolute Gasteiger partial charge is 0.508 e. The molecule has 0 fully saturated rings. The lowest BCUT2D eigenvalue weighted by atomic mass is 9.92. The van der Waals surface area contributed by atoms with Crippen LogP contribution in [0.4, 0.5) is 0 Å². The highest BCUT2D eigenvalue weighted by Gasteiger charge is 2.32. The van der Waals surface area contributed by atoms with Gasteiger partial charge in [-0.05, 0) is 24.1 Å². The van der Waals surface area contributed by atoms with Crippen molar-refractivity contribution in [3.63, 3.8) is 0 Å². The minimum absolute atomic E-state index is 0.0674. The molecule has 0 aromatic heterocycles. The van der Waals surface area contributed by atoms with E-state index in [2.05, 4.69) is 0 Å². The molecule has 0 saturated heterocycles. The van der Waals surface area contributed by atoms with Gasteiger partial charge in [-0.1, -0.05) is 25.5 Å². The van der Waals surface area contributed by atoms with Crippen LogP contribution in [0.15, 0.2) is 30.3 Å². The van der Waals surface area contributed by atoms with Gasteiger partial charge in [0.1, 0.15) is 34.7 Å². The van der Waals surface area contributed by atoms with E-state index in [1.165, 1.54) is 18.2 Å². The molecule has 5 nitrogen and oxygen atoms in total. The highest BCUT2D eigenvalue weighted by atomic mass is 16.5. The molecule has 1 heterocycles. The molecule has 2 aromatic carbocycles. The van der Waals surface area contributed by atoms with Crippen molar-refractivity contribution in [1.29, 1.82) is 0 Å². The van der Waals surface area contributed by atoms with Gasteiger partial charge in [0.25, 0.3) is 0 Å². The average molecular weight is 314 g/mol. The number of carbonyl (C=O) groups excluding carboxylic acids is 1. The first kappa shape index (κ1) is 15.2. The molecular formula is C18H18O5. The number of rotatable bonds is 3. The van der Waals surface area contributed by atoms with Gasteiger partial charge >= 0.3 is 0 Å². The fourth-order valence-electron chi connectivity index (χ4n) is 2.87. The molecule has 0 amide bonds. The number of Topliss-reactive ketones (excluding diaryl/α,β-unsaturated/α-hetero) is 1. The third kappa shape index (κ3) is 2.70. The van der Waals surface area contributed by atoms with Crippen molar-refractivity contribution in [2.75, 3.05) is 0 Å². The number of phenols is 3. The van der Waals surface area contributed by atoms with Crippen molar-refractivity contribution < 1.29 is 24.9 Å². The van der Waals surface area contributed by atoms with Crippen LogP contribution in [0.5, 0.6) is 23.0 Å². The number of fused-ring (bicyclic) bond motifs is 1. The maximum atomic E-state index is 12.5. The Balaban J connectivity index is 2.00.